The van der Waals surface area contributed by atoms with E-state index >= 15 is 0 Å². The number of aromatic amines is 1. The fourth-order valence-corrected chi connectivity index (χ4v) is 3.54. The summed E-state index contributed by atoms with van der Waals surface area (Å²) in [5.74, 6) is -0.222. The Morgan fingerprint density at radius 3 is 2.55 bits per heavy atom. The van der Waals surface area contributed by atoms with E-state index in [0.29, 0.717) is 0 Å². The van der Waals surface area contributed by atoms with Crippen LogP contribution in [0.25, 0.3) is 40.2 Å². The molecule has 0 radical (unpaired) electrons. The van der Waals surface area contributed by atoms with E-state index in [-0.39, 0.29) is 5.82 Å². The van der Waals surface area contributed by atoms with E-state index in [9.17, 15) is 4.39 Å². The number of H-pyrrole nitrogens is 1. The van der Waals surface area contributed by atoms with Crippen LogP contribution in [0.5, 0.6) is 0 Å². The summed E-state index contributed by atoms with van der Waals surface area (Å²) in [7, 11) is 0. The molecule has 4 aromatic rings. The highest BCUT2D eigenvalue weighted by Crippen LogP contribution is 2.27. The Kier molecular flexibility index (Phi) is 5.85. The molecule has 146 valence electrons. The van der Waals surface area contributed by atoms with Crippen LogP contribution in [0.4, 0.5) is 4.39 Å². The molecule has 4 rings (SSSR count). The van der Waals surface area contributed by atoms with Gasteiger partial charge in [-0.1, -0.05) is 62.3 Å². The largest absolute Gasteiger partial charge is 0.339 e. The molecule has 0 atom stereocenters. The number of pyridine rings is 1. The molecule has 3 heteroatoms. The van der Waals surface area contributed by atoms with Crippen LogP contribution >= 0.6 is 0 Å². The summed E-state index contributed by atoms with van der Waals surface area (Å²) >= 11 is 0. The van der Waals surface area contributed by atoms with Crippen LogP contribution in [0.2, 0.25) is 0 Å². The Bertz CT molecular complexity index is 1180. The molecular weight excluding hydrogens is 359 g/mol. The number of nitrogens with one attached hydrogen (secondary N) is 1. The van der Waals surface area contributed by atoms with Gasteiger partial charge in [0.1, 0.15) is 11.5 Å². The summed E-state index contributed by atoms with van der Waals surface area (Å²) in [6.07, 6.45) is 15.1. The molecule has 0 fully saturated rings. The van der Waals surface area contributed by atoms with Crippen LogP contribution in [-0.2, 0) is 0 Å². The van der Waals surface area contributed by atoms with Gasteiger partial charge in [0, 0.05) is 22.5 Å². The summed E-state index contributed by atoms with van der Waals surface area (Å²) in [6, 6.07) is 15.1. The minimum atomic E-state index is -0.222. The van der Waals surface area contributed by atoms with Crippen molar-refractivity contribution in [3.05, 3.63) is 83.3 Å². The first-order chi connectivity index (χ1) is 14.2. The molecule has 1 N–H and O–H groups in total. The van der Waals surface area contributed by atoms with Crippen molar-refractivity contribution in [2.75, 3.05) is 0 Å². The maximum absolute atomic E-state index is 13.4. The number of rotatable bonds is 7. The van der Waals surface area contributed by atoms with Gasteiger partial charge in [0.2, 0.25) is 0 Å². The first kappa shape index (κ1) is 19.1. The Morgan fingerprint density at radius 1 is 0.897 bits per heavy atom. The zero-order valence-corrected chi connectivity index (χ0v) is 16.7. The maximum Gasteiger partial charge on any atom is 0.138 e. The molecule has 0 unspecified atom stereocenters. The van der Waals surface area contributed by atoms with Crippen molar-refractivity contribution < 1.29 is 4.39 Å². The molecule has 0 aliphatic rings. The van der Waals surface area contributed by atoms with E-state index in [1.807, 2.05) is 24.4 Å². The molecule has 29 heavy (non-hydrogen) atoms. The van der Waals surface area contributed by atoms with Crippen LogP contribution in [0.3, 0.4) is 0 Å². The van der Waals surface area contributed by atoms with E-state index < -0.39 is 0 Å². The van der Waals surface area contributed by atoms with Crippen molar-refractivity contribution in [3.63, 3.8) is 0 Å². The Balaban J connectivity index is 1.62. The first-order valence-electron chi connectivity index (χ1n) is 10.2. The number of benzene rings is 2. The van der Waals surface area contributed by atoms with Gasteiger partial charge in [-0.15, -0.1) is 0 Å². The third-order valence-corrected chi connectivity index (χ3v) is 5.10. The third kappa shape index (κ3) is 4.62. The highest BCUT2D eigenvalue weighted by Gasteiger charge is 2.06. The molecule has 0 spiro atoms. The lowest BCUT2D eigenvalue weighted by Gasteiger charge is -1.98. The number of hydrogen-bond acceptors (Lipinski definition) is 1. The van der Waals surface area contributed by atoms with E-state index in [4.69, 9.17) is 0 Å². The van der Waals surface area contributed by atoms with Gasteiger partial charge in [0.05, 0.1) is 0 Å². The van der Waals surface area contributed by atoms with E-state index in [0.717, 1.165) is 45.0 Å². The molecule has 2 heterocycles. The van der Waals surface area contributed by atoms with Crippen molar-refractivity contribution in [1.29, 1.82) is 0 Å². The number of unbranched alkanes of at least 4 members (excludes halogenated alkanes) is 3. The number of allylic oxidation sites excluding steroid dienone is 1. The summed E-state index contributed by atoms with van der Waals surface area (Å²) in [5.41, 5.74) is 5.01. The summed E-state index contributed by atoms with van der Waals surface area (Å²) in [6.45, 7) is 2.22. The van der Waals surface area contributed by atoms with Crippen molar-refractivity contribution in [3.8, 4) is 0 Å². The molecule has 0 saturated carbocycles. The van der Waals surface area contributed by atoms with E-state index in [1.54, 1.807) is 6.07 Å². The third-order valence-electron chi connectivity index (χ3n) is 5.10. The summed E-state index contributed by atoms with van der Waals surface area (Å²) in [4.78, 5) is 7.99. The second kappa shape index (κ2) is 8.87. The van der Waals surface area contributed by atoms with Gasteiger partial charge in [0.15, 0.2) is 0 Å². The zero-order valence-electron chi connectivity index (χ0n) is 16.7. The molecule has 2 aromatic carbocycles. The Labute approximate surface area is 170 Å². The minimum Gasteiger partial charge on any atom is -0.339 e. The predicted octanol–water partition coefficient (Wildman–Crippen LogP) is 7.62. The summed E-state index contributed by atoms with van der Waals surface area (Å²) in [5, 5.41) is 2.27. The van der Waals surface area contributed by atoms with Crippen LogP contribution < -0.4 is 0 Å². The van der Waals surface area contributed by atoms with Gasteiger partial charge in [-0.05, 0) is 59.9 Å². The highest BCUT2D eigenvalue weighted by molar-refractivity contribution is 6.07. The van der Waals surface area contributed by atoms with Crippen LogP contribution in [0.1, 0.15) is 49.3 Å². The lowest BCUT2D eigenvalue weighted by molar-refractivity contribution is 0.627. The SMILES string of the molecule is CCCCCC=Cc1cnc2[nH]c3ccc(C=Cc4cccc(F)c4)cc3c2c1. The van der Waals surface area contributed by atoms with Gasteiger partial charge in [-0.25, -0.2) is 9.37 Å². The smallest absolute Gasteiger partial charge is 0.138 e. The highest BCUT2D eigenvalue weighted by atomic mass is 19.1. The fraction of sp³-hybridized carbons (Fsp3) is 0.192. The summed E-state index contributed by atoms with van der Waals surface area (Å²) < 4.78 is 13.4. The lowest BCUT2D eigenvalue weighted by atomic mass is 10.1. The number of nitrogens with zero attached hydrogens (tertiary/aromatic N) is 1. The molecule has 2 aromatic heterocycles. The average molecular weight is 384 g/mol. The van der Waals surface area contributed by atoms with Gasteiger partial charge in [-0.2, -0.15) is 0 Å². The van der Waals surface area contributed by atoms with Gasteiger partial charge >= 0.3 is 0 Å². The number of hydrogen-bond donors (Lipinski definition) is 1. The number of fused-ring (bicyclic) bond motifs is 3. The second-order valence-electron chi connectivity index (χ2n) is 7.38. The predicted molar refractivity (Wildman–Crippen MR) is 122 cm³/mol. The number of aromatic nitrogens is 2. The number of halogens is 1. The molecule has 0 amide bonds. The zero-order chi connectivity index (χ0) is 20.1. The quantitative estimate of drug-likeness (QED) is 0.258. The van der Waals surface area contributed by atoms with Crippen LogP contribution in [-0.4, -0.2) is 9.97 Å². The van der Waals surface area contributed by atoms with E-state index in [2.05, 4.69) is 53.3 Å². The molecule has 0 aliphatic heterocycles. The standard InChI is InChI=1S/C26H25FN2/c1-2-3-4-5-6-8-21-17-24-23-16-20(12-11-19-9-7-10-22(27)15-19)13-14-25(23)29-26(24)28-18-21/h6-18H,2-5H2,1H3,(H,28,29). The minimum absolute atomic E-state index is 0.222. The van der Waals surface area contributed by atoms with Gasteiger partial charge in [0.25, 0.3) is 0 Å². The Hall–Kier alpha value is -3.20. The maximum atomic E-state index is 13.4. The molecule has 0 bridgehead atoms. The van der Waals surface area contributed by atoms with Crippen molar-refractivity contribution in [1.82, 2.24) is 9.97 Å². The van der Waals surface area contributed by atoms with Crippen molar-refractivity contribution in [2.24, 2.45) is 0 Å². The van der Waals surface area contributed by atoms with Gasteiger partial charge in [-0.3, -0.25) is 0 Å². The van der Waals surface area contributed by atoms with Crippen molar-refractivity contribution >= 4 is 40.2 Å². The monoisotopic (exact) mass is 384 g/mol. The average Bonchev–Trinajstić information content (AvgIpc) is 3.09. The van der Waals surface area contributed by atoms with Crippen LogP contribution in [0, 0.1) is 5.82 Å². The normalized spacial score (nSPS) is 12.1. The first-order valence-corrected chi connectivity index (χ1v) is 10.2. The van der Waals surface area contributed by atoms with Crippen molar-refractivity contribution in [2.45, 2.75) is 32.6 Å². The molecule has 0 saturated heterocycles. The second-order valence-corrected chi connectivity index (χ2v) is 7.38. The molecule has 0 aliphatic carbocycles. The fourth-order valence-electron chi connectivity index (χ4n) is 3.54. The van der Waals surface area contributed by atoms with Crippen LogP contribution in [0.15, 0.2) is 60.8 Å². The topological polar surface area (TPSA) is 28.7 Å². The molecule has 2 nitrogen and oxygen atoms in total. The van der Waals surface area contributed by atoms with Gasteiger partial charge < -0.3 is 4.98 Å². The Morgan fingerprint density at radius 2 is 1.72 bits per heavy atom. The molecular formula is C26H25FN2. The lowest BCUT2D eigenvalue weighted by Crippen LogP contribution is -1.79. The van der Waals surface area contributed by atoms with E-state index in [1.165, 1.54) is 31.4 Å².